The van der Waals surface area contributed by atoms with Gasteiger partial charge in [-0.1, -0.05) is 24.3 Å². The zero-order valence-corrected chi connectivity index (χ0v) is 16.4. The van der Waals surface area contributed by atoms with Gasteiger partial charge in [-0.2, -0.15) is 0 Å². The molecule has 1 aliphatic carbocycles. The van der Waals surface area contributed by atoms with Gasteiger partial charge in [-0.3, -0.25) is 9.59 Å². The van der Waals surface area contributed by atoms with Crippen LogP contribution in [-0.2, 0) is 11.2 Å². The lowest BCUT2D eigenvalue weighted by atomic mass is 9.74. The lowest BCUT2D eigenvalue weighted by Crippen LogP contribution is -2.52. The number of rotatable bonds is 6. The molecule has 5 heteroatoms. The van der Waals surface area contributed by atoms with Crippen LogP contribution in [0.1, 0.15) is 47.2 Å². The van der Waals surface area contributed by atoms with Gasteiger partial charge < -0.3 is 15.2 Å². The molecule has 1 amide bonds. The minimum absolute atomic E-state index is 0.0605. The molecule has 5 nitrogen and oxygen atoms in total. The molecule has 2 aromatic rings. The number of aromatic amines is 1. The van der Waals surface area contributed by atoms with E-state index in [1.165, 1.54) is 11.1 Å². The zero-order chi connectivity index (χ0) is 19.4. The summed E-state index contributed by atoms with van der Waals surface area (Å²) in [6.45, 7) is 2.16. The topological polar surface area (TPSA) is 65.2 Å². The van der Waals surface area contributed by atoms with Crippen LogP contribution < -0.4 is 5.32 Å². The molecule has 0 bridgehead atoms. The molecule has 1 fully saturated rings. The SMILES string of the molecule is Cc1ccccc1CC1(N(C)C)CCC(NC(=O)C(=O)c2cc[nH]c2)CC1. The highest BCUT2D eigenvalue weighted by molar-refractivity contribution is 6.42. The summed E-state index contributed by atoms with van der Waals surface area (Å²) in [5.74, 6) is -0.975. The second-order valence-electron chi connectivity index (χ2n) is 7.90. The van der Waals surface area contributed by atoms with E-state index in [9.17, 15) is 9.59 Å². The standard InChI is InChI=1S/C22H29N3O2/c1-16-6-4-5-7-17(16)14-22(25(2)3)11-8-19(9-12-22)24-21(27)20(26)18-10-13-23-15-18/h4-7,10,13,15,19,23H,8-9,11-12,14H2,1-3H3,(H,24,27). The van der Waals surface area contributed by atoms with E-state index in [1.54, 1.807) is 18.5 Å². The van der Waals surface area contributed by atoms with Crippen molar-refractivity contribution in [3.8, 4) is 0 Å². The number of Topliss-reactive ketones (excluding diaryl/α,β-unsaturated/α-hetero) is 1. The lowest BCUT2D eigenvalue weighted by Gasteiger charge is -2.45. The Morgan fingerprint density at radius 3 is 2.48 bits per heavy atom. The van der Waals surface area contributed by atoms with Crippen LogP contribution in [0.15, 0.2) is 42.7 Å². The number of ketones is 1. The lowest BCUT2D eigenvalue weighted by molar-refractivity contribution is -0.118. The number of benzene rings is 1. The minimum Gasteiger partial charge on any atom is -0.367 e. The molecule has 0 unspecified atom stereocenters. The fraction of sp³-hybridized carbons (Fsp3) is 0.455. The molecule has 27 heavy (non-hydrogen) atoms. The number of hydrogen-bond acceptors (Lipinski definition) is 3. The second-order valence-corrected chi connectivity index (χ2v) is 7.90. The Hall–Kier alpha value is -2.40. The number of nitrogens with zero attached hydrogens (tertiary/aromatic N) is 1. The Balaban J connectivity index is 1.62. The number of hydrogen-bond donors (Lipinski definition) is 2. The maximum Gasteiger partial charge on any atom is 0.292 e. The summed E-state index contributed by atoms with van der Waals surface area (Å²) in [7, 11) is 4.29. The number of carbonyl (C=O) groups excluding carboxylic acids is 2. The van der Waals surface area contributed by atoms with E-state index >= 15 is 0 Å². The molecule has 1 saturated carbocycles. The summed E-state index contributed by atoms with van der Waals surface area (Å²) in [5, 5.41) is 2.94. The summed E-state index contributed by atoms with van der Waals surface area (Å²) in [6, 6.07) is 10.2. The monoisotopic (exact) mass is 367 g/mol. The average molecular weight is 367 g/mol. The predicted molar refractivity (Wildman–Crippen MR) is 107 cm³/mol. The largest absolute Gasteiger partial charge is 0.367 e. The third kappa shape index (κ3) is 4.30. The molecule has 0 radical (unpaired) electrons. The molecule has 0 saturated heterocycles. The molecule has 0 atom stereocenters. The molecule has 1 aromatic heterocycles. The van der Waals surface area contributed by atoms with E-state index in [1.807, 2.05) is 0 Å². The summed E-state index contributed by atoms with van der Waals surface area (Å²) in [6.07, 6.45) is 7.98. The molecular weight excluding hydrogens is 338 g/mol. The van der Waals surface area contributed by atoms with Gasteiger partial charge in [0.1, 0.15) is 0 Å². The summed E-state index contributed by atoms with van der Waals surface area (Å²) in [5.41, 5.74) is 3.21. The summed E-state index contributed by atoms with van der Waals surface area (Å²) >= 11 is 0. The van der Waals surface area contributed by atoms with Crippen molar-refractivity contribution in [1.29, 1.82) is 0 Å². The highest BCUT2D eigenvalue weighted by Gasteiger charge is 2.38. The van der Waals surface area contributed by atoms with Crippen molar-refractivity contribution in [2.45, 2.75) is 50.6 Å². The zero-order valence-electron chi connectivity index (χ0n) is 16.4. The van der Waals surface area contributed by atoms with Crippen molar-refractivity contribution in [3.63, 3.8) is 0 Å². The molecule has 2 N–H and O–H groups in total. The quantitative estimate of drug-likeness (QED) is 0.609. The molecule has 1 heterocycles. The third-order valence-corrected chi connectivity index (χ3v) is 6.05. The molecule has 1 aliphatic rings. The normalized spacial score (nSPS) is 22.6. The summed E-state index contributed by atoms with van der Waals surface area (Å²) in [4.78, 5) is 29.6. The molecule has 144 valence electrons. The van der Waals surface area contributed by atoms with Gasteiger partial charge in [0.25, 0.3) is 11.7 Å². The highest BCUT2D eigenvalue weighted by atomic mass is 16.2. The van der Waals surface area contributed by atoms with E-state index in [0.29, 0.717) is 5.56 Å². The van der Waals surface area contributed by atoms with Gasteiger partial charge in [0.05, 0.1) is 0 Å². The number of carbonyl (C=O) groups is 2. The average Bonchev–Trinajstić information content (AvgIpc) is 3.19. The van der Waals surface area contributed by atoms with Gasteiger partial charge >= 0.3 is 0 Å². The Kier molecular flexibility index (Phi) is 5.80. The Morgan fingerprint density at radius 2 is 1.89 bits per heavy atom. The smallest absolute Gasteiger partial charge is 0.292 e. The van der Waals surface area contributed by atoms with Crippen molar-refractivity contribution >= 4 is 11.7 Å². The van der Waals surface area contributed by atoms with Crippen LogP contribution in [0.3, 0.4) is 0 Å². The number of amides is 1. The molecule has 3 rings (SSSR count). The minimum atomic E-state index is -0.504. The van der Waals surface area contributed by atoms with Crippen LogP contribution in [0, 0.1) is 6.92 Å². The van der Waals surface area contributed by atoms with Gasteiger partial charge in [-0.25, -0.2) is 0 Å². The van der Waals surface area contributed by atoms with Gasteiger partial charge in [0, 0.05) is 29.5 Å². The first-order chi connectivity index (χ1) is 12.9. The van der Waals surface area contributed by atoms with Crippen molar-refractivity contribution < 1.29 is 9.59 Å². The Labute approximate surface area is 161 Å². The Morgan fingerprint density at radius 1 is 1.19 bits per heavy atom. The van der Waals surface area contributed by atoms with Gasteiger partial charge in [0.2, 0.25) is 0 Å². The fourth-order valence-corrected chi connectivity index (χ4v) is 4.09. The first-order valence-corrected chi connectivity index (χ1v) is 9.61. The second kappa shape index (κ2) is 8.09. The van der Waals surface area contributed by atoms with Crippen LogP contribution in [0.5, 0.6) is 0 Å². The van der Waals surface area contributed by atoms with Crippen molar-refractivity contribution in [1.82, 2.24) is 15.2 Å². The van der Waals surface area contributed by atoms with Crippen molar-refractivity contribution in [2.75, 3.05) is 14.1 Å². The summed E-state index contributed by atoms with van der Waals surface area (Å²) < 4.78 is 0. The molecule has 1 aromatic carbocycles. The van der Waals surface area contributed by atoms with E-state index in [-0.39, 0.29) is 11.6 Å². The number of aryl methyl sites for hydroxylation is 1. The number of H-pyrrole nitrogens is 1. The van der Waals surface area contributed by atoms with Crippen molar-refractivity contribution in [2.24, 2.45) is 0 Å². The maximum atomic E-state index is 12.3. The maximum absolute atomic E-state index is 12.3. The van der Waals surface area contributed by atoms with Crippen LogP contribution in [0.4, 0.5) is 0 Å². The van der Waals surface area contributed by atoms with E-state index in [0.717, 1.165) is 32.1 Å². The van der Waals surface area contributed by atoms with E-state index < -0.39 is 11.7 Å². The van der Waals surface area contributed by atoms with Crippen molar-refractivity contribution in [3.05, 3.63) is 59.4 Å². The predicted octanol–water partition coefficient (Wildman–Crippen LogP) is 3.11. The van der Waals surface area contributed by atoms with Gasteiger partial charge in [0.15, 0.2) is 0 Å². The Bertz CT molecular complexity index is 788. The highest BCUT2D eigenvalue weighted by Crippen LogP contribution is 2.36. The van der Waals surface area contributed by atoms with Gasteiger partial charge in [-0.15, -0.1) is 0 Å². The van der Waals surface area contributed by atoms with E-state index in [2.05, 4.69) is 60.5 Å². The van der Waals surface area contributed by atoms with E-state index in [4.69, 9.17) is 0 Å². The number of aromatic nitrogens is 1. The first-order valence-electron chi connectivity index (χ1n) is 9.61. The number of nitrogens with one attached hydrogen (secondary N) is 2. The van der Waals surface area contributed by atoms with Gasteiger partial charge in [-0.05, 0) is 70.3 Å². The number of likely N-dealkylation sites (N-methyl/N-ethyl adjacent to an activating group) is 1. The molecule has 0 spiro atoms. The van der Waals surface area contributed by atoms with Crippen LogP contribution in [0.25, 0.3) is 0 Å². The third-order valence-electron chi connectivity index (χ3n) is 6.05. The first kappa shape index (κ1) is 19.4. The molecular formula is C22H29N3O2. The fourth-order valence-electron chi connectivity index (χ4n) is 4.09. The van der Waals surface area contributed by atoms with Crippen LogP contribution >= 0.6 is 0 Å². The molecule has 0 aliphatic heterocycles. The van der Waals surface area contributed by atoms with Crippen LogP contribution in [0.2, 0.25) is 0 Å². The van der Waals surface area contributed by atoms with Crippen LogP contribution in [-0.4, -0.2) is 47.3 Å².